The largest absolute Gasteiger partial charge is 0.497 e. The van der Waals surface area contributed by atoms with Crippen LogP contribution in [-0.2, 0) is 37.9 Å². The smallest absolute Gasteiger partial charge is 0.137 e. The molecule has 0 radical (unpaired) electrons. The molecular formula is C117H120Cl6N10O5S10. The van der Waals surface area contributed by atoms with Crippen molar-refractivity contribution in [2.75, 3.05) is 85.5 Å². The number of thiocarbonyl (C=S) groups is 5. The first kappa shape index (κ1) is 110. The molecule has 5 aromatic heterocycles. The van der Waals surface area contributed by atoms with E-state index >= 15 is 0 Å². The number of rotatable bonds is 21. The maximum Gasteiger partial charge on any atom is 0.137 e. The summed E-state index contributed by atoms with van der Waals surface area (Å²) in [6.45, 7) is 17.7. The molecule has 0 saturated carbocycles. The van der Waals surface area contributed by atoms with Crippen LogP contribution in [0.1, 0.15) is 187 Å². The van der Waals surface area contributed by atoms with Crippen molar-refractivity contribution in [2.45, 2.75) is 141 Å². The summed E-state index contributed by atoms with van der Waals surface area (Å²) in [5.74, 6) is 8.92. The number of hydrogen-bond acceptors (Lipinski definition) is 15. The number of H-pyrrole nitrogens is 5. The summed E-state index contributed by atoms with van der Waals surface area (Å²) in [7, 11) is 8.46. The number of benzene rings is 11. The van der Waals surface area contributed by atoms with E-state index in [0.29, 0.717) is 11.2 Å². The predicted octanol–water partition coefficient (Wildman–Crippen LogP) is 33.5. The van der Waals surface area contributed by atoms with Crippen LogP contribution in [-0.4, -0.2) is 162 Å². The number of ether oxygens (including phenoxy) is 5. The lowest BCUT2D eigenvalue weighted by Gasteiger charge is -2.38. The van der Waals surface area contributed by atoms with Crippen molar-refractivity contribution in [1.82, 2.24) is 49.4 Å². The fourth-order valence-corrected chi connectivity index (χ4v) is 28.0. The predicted molar refractivity (Wildman–Crippen MR) is 653 cm³/mol. The molecule has 10 heterocycles. The second-order valence-electron chi connectivity index (χ2n) is 37.6. The Balaban J connectivity index is 0.000000126. The molecule has 5 aliphatic rings. The third-order valence-corrected chi connectivity index (χ3v) is 36.6. The number of aromatic amines is 5. The van der Waals surface area contributed by atoms with Crippen LogP contribution in [0, 0.1) is 5.92 Å². The molecule has 770 valence electrons. The topological polar surface area (TPSA) is 141 Å². The summed E-state index contributed by atoms with van der Waals surface area (Å²) < 4.78 is 31.5. The second-order valence-corrected chi connectivity index (χ2v) is 49.2. The van der Waals surface area contributed by atoms with E-state index in [4.69, 9.17) is 154 Å². The zero-order valence-electron chi connectivity index (χ0n) is 84.4. The molecule has 31 heteroatoms. The Labute approximate surface area is 946 Å². The molecule has 5 atom stereocenters. The van der Waals surface area contributed by atoms with E-state index in [-0.39, 0.29) is 30.2 Å². The summed E-state index contributed by atoms with van der Waals surface area (Å²) in [6, 6.07) is 80.0. The van der Waals surface area contributed by atoms with Crippen LogP contribution >= 0.6 is 190 Å². The molecule has 5 aliphatic heterocycles. The van der Waals surface area contributed by atoms with E-state index in [1.165, 1.54) is 136 Å². The van der Waals surface area contributed by atoms with Gasteiger partial charge in [-0.05, 0) is 288 Å². The average Bonchev–Trinajstić information content (AvgIpc) is 1.61. The summed E-state index contributed by atoms with van der Waals surface area (Å²) >= 11 is 75.7. The molecule has 0 saturated heterocycles. The zero-order chi connectivity index (χ0) is 104. The van der Waals surface area contributed by atoms with Gasteiger partial charge in [-0.3, -0.25) is 0 Å². The van der Waals surface area contributed by atoms with Crippen LogP contribution in [0.4, 0.5) is 0 Å². The number of thioether (sulfide) groups is 5. The Morgan fingerprint density at radius 2 is 0.547 bits per heavy atom. The van der Waals surface area contributed by atoms with Crippen molar-refractivity contribution in [2.24, 2.45) is 5.92 Å². The van der Waals surface area contributed by atoms with Crippen LogP contribution in [0.3, 0.4) is 0 Å². The van der Waals surface area contributed by atoms with Gasteiger partial charge in [0.15, 0.2) is 0 Å². The third-order valence-electron chi connectivity index (χ3n) is 27.5. The van der Waals surface area contributed by atoms with Gasteiger partial charge < -0.3 is 73.1 Å². The van der Waals surface area contributed by atoms with Crippen molar-refractivity contribution >= 4 is 266 Å². The quantitative estimate of drug-likeness (QED) is 0.0344. The van der Waals surface area contributed by atoms with Gasteiger partial charge in [0.2, 0.25) is 0 Å². The highest BCUT2D eigenvalue weighted by molar-refractivity contribution is 8.24. The molecule has 0 bridgehead atoms. The minimum atomic E-state index is -0.00366. The van der Waals surface area contributed by atoms with Gasteiger partial charge >= 0.3 is 0 Å². The van der Waals surface area contributed by atoms with E-state index in [1.54, 1.807) is 94.4 Å². The number of nitrogens with zero attached hydrogens (tertiary/aromatic N) is 5. The first-order valence-corrected chi connectivity index (χ1v) is 59.0. The SMILES string of the molecule is CCCCSC(=S)N1CCc2c([nH]c3ccc(Cl)cc23)C1c1ccc(OC)cc1.CCCSC(=S)N1CCc2c([nH]c3ccc(Cl)cc23)C1c1ccc(OC)cc1.COc1ccc(C2c3[nH]c4ccc(Cl)cc4c3CCN2C(=S)SC(C)C)cc1.COc1ccc(C2c3[nH]c4ccc(Cl)cc4c3CCN2C(=S)SCCC(C)C)cc1.COc1ccc(C2c3[nH]c4ccc(Cl)cc4c3CCN2C(=S)SCc2ccc(Cl)cc2)cc1. The minimum Gasteiger partial charge on any atom is -0.497 e. The molecule has 0 spiro atoms. The van der Waals surface area contributed by atoms with Gasteiger partial charge in [-0.1, -0.05) is 310 Å². The fourth-order valence-electron chi connectivity index (χ4n) is 20.2. The zero-order valence-corrected chi connectivity index (χ0v) is 97.1. The molecule has 0 amide bonds. The molecule has 0 aliphatic carbocycles. The highest BCUT2D eigenvalue weighted by Gasteiger charge is 2.40. The van der Waals surface area contributed by atoms with Crippen molar-refractivity contribution in [3.8, 4) is 28.7 Å². The summed E-state index contributed by atoms with van der Waals surface area (Å²) in [5, 5.41) is 11.1. The Hall–Kier alpha value is -8.94. The average molecular weight is 2280 g/mol. The third kappa shape index (κ3) is 25.6. The van der Waals surface area contributed by atoms with Crippen molar-refractivity contribution < 1.29 is 23.7 Å². The first-order chi connectivity index (χ1) is 71.7. The van der Waals surface area contributed by atoms with Gasteiger partial charge in [-0.25, -0.2) is 0 Å². The minimum absolute atomic E-state index is 0.00366. The van der Waals surface area contributed by atoms with E-state index in [0.717, 1.165) is 202 Å². The van der Waals surface area contributed by atoms with Gasteiger partial charge in [-0.15, -0.1) is 0 Å². The Morgan fingerprint density at radius 3 is 0.791 bits per heavy atom. The maximum absolute atomic E-state index is 6.32. The lowest BCUT2D eigenvalue weighted by atomic mass is 9.93. The molecule has 0 fully saturated rings. The van der Waals surface area contributed by atoms with E-state index in [9.17, 15) is 0 Å². The number of methoxy groups -OCH3 is 5. The summed E-state index contributed by atoms with van der Waals surface area (Å²) in [6.07, 6.45) is 9.36. The van der Waals surface area contributed by atoms with Crippen LogP contribution in [0.15, 0.2) is 237 Å². The first-order valence-electron chi connectivity index (χ1n) is 49.9. The van der Waals surface area contributed by atoms with Gasteiger partial charge in [0.1, 0.15) is 50.4 Å². The highest BCUT2D eigenvalue weighted by Crippen LogP contribution is 2.49. The van der Waals surface area contributed by atoms with Crippen LogP contribution < -0.4 is 23.7 Å². The molecule has 16 aromatic rings. The Kier molecular flexibility index (Phi) is 38.1. The molecule has 5 N–H and O–H groups in total. The number of fused-ring (bicyclic) bond motifs is 15. The normalized spacial score (nSPS) is 16.1. The molecule has 15 nitrogen and oxygen atoms in total. The van der Waals surface area contributed by atoms with Gasteiger partial charge in [0.25, 0.3) is 0 Å². The standard InChI is InChI=1S/C26H22Cl2N2OS2.C24H27ClN2OS2.C23H25ClN2OS2.2C22H23ClN2OS2/c1-31-20-9-4-17(5-10-20)25-24-21(22-14-19(28)8-11-23(22)29-24)12-13-30(25)26(32)33-15-16-2-6-18(27)7-3-16;1-15(2)11-13-30-24(29)27-12-10-19-20-14-17(25)6-9-21(20)26-22(19)23(27)16-4-7-18(28-3)8-5-16;1-3-4-13-29-23(28)26-12-11-18-19-14-16(24)7-10-20(19)25-21(18)22(26)15-5-8-17(27-2)9-6-15;1-13(2)28-22(27)25-11-10-17-18-12-15(23)6-9-19(18)24-20(17)21(25)14-4-7-16(26-3)8-5-14;1-3-12-28-22(27)25-11-10-17-18-13-15(23)6-9-19(18)24-20(17)21(25)14-4-7-16(26-2)8-5-14/h2-11,14,25,29H,12-13,15H2,1H3;4-9,14-15,23,26H,10-13H2,1-3H3;5-10,14,22,25H,3-4,11-13H2,1-2H3;4-9,12-13,21,24H,10-11H2,1-3H3;4-9,13,21,24H,3,10-12H2,1-2H3. The van der Waals surface area contributed by atoms with E-state index in [1.807, 2.05) is 103 Å². The van der Waals surface area contributed by atoms with Gasteiger partial charge in [0, 0.05) is 168 Å². The van der Waals surface area contributed by atoms with Crippen molar-refractivity contribution in [3.05, 3.63) is 356 Å². The molecule has 21 rings (SSSR count). The van der Waals surface area contributed by atoms with E-state index in [2.05, 4.69) is 224 Å². The number of hydrogen-bond donors (Lipinski definition) is 5. The number of aromatic nitrogens is 5. The summed E-state index contributed by atoms with van der Waals surface area (Å²) in [4.78, 5) is 30.1. The van der Waals surface area contributed by atoms with Crippen molar-refractivity contribution in [1.29, 1.82) is 0 Å². The number of nitrogens with one attached hydrogen (secondary N) is 5. The number of halogens is 6. The Morgan fingerprint density at radius 1 is 0.304 bits per heavy atom. The monoisotopic (exact) mass is 2270 g/mol. The molecule has 148 heavy (non-hydrogen) atoms. The molecule has 11 aromatic carbocycles. The van der Waals surface area contributed by atoms with Gasteiger partial charge in [-0.2, -0.15) is 0 Å². The van der Waals surface area contributed by atoms with Crippen LogP contribution in [0.25, 0.3) is 54.5 Å². The Bertz CT molecular complexity index is 7390. The lowest BCUT2D eigenvalue weighted by molar-refractivity contribution is 0.345. The van der Waals surface area contributed by atoms with Crippen LogP contribution in [0.5, 0.6) is 28.7 Å². The van der Waals surface area contributed by atoms with Crippen LogP contribution in [0.2, 0.25) is 30.1 Å². The number of unbranched alkanes of at least 4 members (excludes halogenated alkanes) is 1. The highest BCUT2D eigenvalue weighted by atomic mass is 35.5. The molecule has 5 unspecified atom stereocenters. The maximum atomic E-state index is 6.32. The second kappa shape index (κ2) is 51.2. The lowest BCUT2D eigenvalue weighted by Crippen LogP contribution is -2.38. The fraction of sp³-hybridized carbons (Fsp3) is 0.308. The summed E-state index contributed by atoms with van der Waals surface area (Å²) in [5.41, 5.74) is 25.5. The molecular weight excluding hydrogens is 2160 g/mol. The van der Waals surface area contributed by atoms with Gasteiger partial charge in [0.05, 0.1) is 65.8 Å². The van der Waals surface area contributed by atoms with E-state index < -0.39 is 0 Å². The van der Waals surface area contributed by atoms with Crippen molar-refractivity contribution in [3.63, 3.8) is 0 Å².